The Morgan fingerprint density at radius 3 is 2.79 bits per heavy atom. The molecule has 0 bridgehead atoms. The zero-order valence-electron chi connectivity index (χ0n) is 10.3. The van der Waals surface area contributed by atoms with Crippen molar-refractivity contribution in [3.05, 3.63) is 34.6 Å². The van der Waals surface area contributed by atoms with Gasteiger partial charge in [0, 0.05) is 0 Å². The van der Waals surface area contributed by atoms with Crippen LogP contribution in [0.25, 0.3) is 10.9 Å². The number of hydrogen-bond donors (Lipinski definition) is 0. The van der Waals surface area contributed by atoms with E-state index in [0.717, 1.165) is 0 Å². The van der Waals surface area contributed by atoms with Gasteiger partial charge < -0.3 is 0 Å². The predicted octanol–water partition coefficient (Wildman–Crippen LogP) is 0.350. The van der Waals surface area contributed by atoms with Crippen LogP contribution in [-0.2, 0) is 10.1 Å². The summed E-state index contributed by atoms with van der Waals surface area (Å²) in [5, 5.41) is 7.44. The monoisotopic (exact) mass is 283 g/mol. The maximum atomic E-state index is 12.0. The molecule has 0 N–H and O–H groups in total. The molecule has 0 unspecified atom stereocenters. The predicted molar refractivity (Wildman–Crippen MR) is 69.1 cm³/mol. The fourth-order valence-electron chi connectivity index (χ4n) is 1.49. The number of hydrogen-bond acceptors (Lipinski definition) is 6. The van der Waals surface area contributed by atoms with Crippen molar-refractivity contribution in [1.82, 2.24) is 15.2 Å². The Balaban J connectivity index is 2.37. The molecule has 0 radical (unpaired) electrons. The molecule has 7 nitrogen and oxygen atoms in total. The van der Waals surface area contributed by atoms with Crippen molar-refractivity contribution >= 4 is 21.0 Å². The van der Waals surface area contributed by atoms with Crippen LogP contribution >= 0.6 is 0 Å². The van der Waals surface area contributed by atoms with Gasteiger partial charge in [0.2, 0.25) is 0 Å². The van der Waals surface area contributed by atoms with E-state index >= 15 is 0 Å². The molecule has 0 atom stereocenters. The first kappa shape index (κ1) is 13.5. The number of fused-ring (bicyclic) bond motifs is 1. The minimum Gasteiger partial charge on any atom is -0.264 e. The van der Waals surface area contributed by atoms with Gasteiger partial charge in [-0.15, -0.1) is 5.10 Å². The molecule has 2 rings (SSSR count). The van der Waals surface area contributed by atoms with Gasteiger partial charge in [0.25, 0.3) is 0 Å². The van der Waals surface area contributed by atoms with Gasteiger partial charge in [-0.3, -0.25) is 9.08 Å². The molecule has 102 valence electrons. The van der Waals surface area contributed by atoms with Crippen LogP contribution in [0.1, 0.15) is 19.8 Å². The summed E-state index contributed by atoms with van der Waals surface area (Å²) in [6, 6.07) is 6.51. The molecule has 1 aromatic carbocycles. The number of nitrogens with zero attached hydrogens (tertiary/aromatic N) is 3. The van der Waals surface area contributed by atoms with E-state index in [4.69, 9.17) is 0 Å². The zero-order chi connectivity index (χ0) is 13.9. The van der Waals surface area contributed by atoms with Gasteiger partial charge in [0.05, 0.1) is 11.1 Å². The Hall–Kier alpha value is -1.96. The molecular formula is C11H13N3O4S. The van der Waals surface area contributed by atoms with Gasteiger partial charge in [-0.25, -0.2) is 0 Å². The van der Waals surface area contributed by atoms with E-state index in [-0.39, 0.29) is 11.1 Å². The van der Waals surface area contributed by atoms with E-state index in [0.29, 0.717) is 23.2 Å². The second-order valence-electron chi connectivity index (χ2n) is 3.97. The van der Waals surface area contributed by atoms with Crippen molar-refractivity contribution in [2.24, 2.45) is 0 Å². The SMILES string of the molecule is CCCCS(=O)(=O)On1nnc2ccccc2c1=O. The highest BCUT2D eigenvalue weighted by Gasteiger charge is 2.15. The third-order valence-corrected chi connectivity index (χ3v) is 3.63. The lowest BCUT2D eigenvalue weighted by Gasteiger charge is -2.06. The molecule has 0 aliphatic carbocycles. The average Bonchev–Trinajstić information content (AvgIpc) is 2.40. The van der Waals surface area contributed by atoms with E-state index in [9.17, 15) is 13.2 Å². The lowest BCUT2D eigenvalue weighted by molar-refractivity contribution is 0.215. The Kier molecular flexibility index (Phi) is 3.79. The highest BCUT2D eigenvalue weighted by Crippen LogP contribution is 2.03. The quantitative estimate of drug-likeness (QED) is 0.786. The fourth-order valence-corrected chi connectivity index (χ4v) is 2.52. The summed E-state index contributed by atoms with van der Waals surface area (Å²) >= 11 is 0. The summed E-state index contributed by atoms with van der Waals surface area (Å²) in [6.45, 7) is 1.86. The summed E-state index contributed by atoms with van der Waals surface area (Å²) in [5.41, 5.74) is -0.260. The van der Waals surface area contributed by atoms with Gasteiger partial charge in [0.1, 0.15) is 5.52 Å². The third kappa shape index (κ3) is 3.08. The van der Waals surface area contributed by atoms with Crippen molar-refractivity contribution in [2.75, 3.05) is 5.75 Å². The van der Waals surface area contributed by atoms with Crippen LogP contribution in [0.2, 0.25) is 0 Å². The van der Waals surface area contributed by atoms with Crippen LogP contribution in [0.4, 0.5) is 0 Å². The Bertz CT molecular complexity index is 739. The first-order valence-electron chi connectivity index (χ1n) is 5.81. The lowest BCUT2D eigenvalue weighted by atomic mass is 10.2. The summed E-state index contributed by atoms with van der Waals surface area (Å²) in [4.78, 5) is 12.4. The molecule has 0 spiro atoms. The molecule has 2 aromatic rings. The third-order valence-electron chi connectivity index (χ3n) is 2.47. The van der Waals surface area contributed by atoms with Crippen LogP contribution in [0.5, 0.6) is 0 Å². The Morgan fingerprint density at radius 1 is 1.32 bits per heavy atom. The molecule has 0 aliphatic heterocycles. The maximum Gasteiger partial charge on any atom is 0.328 e. The number of unbranched alkanes of at least 4 members (excludes halogenated alkanes) is 1. The maximum absolute atomic E-state index is 12.0. The summed E-state index contributed by atoms with van der Waals surface area (Å²) in [6.07, 6.45) is 1.17. The van der Waals surface area contributed by atoms with Crippen molar-refractivity contribution in [2.45, 2.75) is 19.8 Å². The van der Waals surface area contributed by atoms with Gasteiger partial charge in [0.15, 0.2) is 0 Å². The zero-order valence-corrected chi connectivity index (χ0v) is 11.1. The fraction of sp³-hybridized carbons (Fsp3) is 0.364. The number of rotatable bonds is 5. The van der Waals surface area contributed by atoms with Crippen molar-refractivity contribution in [3.8, 4) is 0 Å². The van der Waals surface area contributed by atoms with Crippen molar-refractivity contribution < 1.29 is 12.7 Å². The first-order valence-corrected chi connectivity index (χ1v) is 7.38. The minimum atomic E-state index is -3.83. The summed E-state index contributed by atoms with van der Waals surface area (Å²) in [5.74, 6) is -0.162. The van der Waals surface area contributed by atoms with Crippen LogP contribution in [0.3, 0.4) is 0 Å². The Morgan fingerprint density at radius 2 is 2.05 bits per heavy atom. The van der Waals surface area contributed by atoms with Crippen molar-refractivity contribution in [3.63, 3.8) is 0 Å². The largest absolute Gasteiger partial charge is 0.328 e. The van der Waals surface area contributed by atoms with E-state index in [1.54, 1.807) is 18.2 Å². The number of benzene rings is 1. The van der Waals surface area contributed by atoms with Gasteiger partial charge in [-0.05, 0) is 28.6 Å². The van der Waals surface area contributed by atoms with Crippen molar-refractivity contribution in [1.29, 1.82) is 0 Å². The minimum absolute atomic E-state index is 0.162. The molecule has 1 aromatic heterocycles. The normalized spacial score (nSPS) is 11.6. The molecule has 8 heteroatoms. The van der Waals surface area contributed by atoms with Crippen LogP contribution in [0, 0.1) is 0 Å². The van der Waals surface area contributed by atoms with E-state index in [1.807, 2.05) is 6.92 Å². The molecular weight excluding hydrogens is 270 g/mol. The molecule has 0 amide bonds. The van der Waals surface area contributed by atoms with Gasteiger partial charge >= 0.3 is 15.7 Å². The molecule has 1 heterocycles. The Labute approximate surface area is 109 Å². The van der Waals surface area contributed by atoms with Crippen LogP contribution in [0.15, 0.2) is 29.1 Å². The summed E-state index contributed by atoms with van der Waals surface area (Å²) in [7, 11) is -3.83. The summed E-state index contributed by atoms with van der Waals surface area (Å²) < 4.78 is 27.8. The molecule has 0 saturated heterocycles. The second-order valence-corrected chi connectivity index (χ2v) is 5.65. The molecule has 0 fully saturated rings. The standard InChI is InChI=1S/C11H13N3O4S/c1-2-3-8-19(16,17)18-14-11(15)9-6-4-5-7-10(9)12-13-14/h4-7H,2-3,8H2,1H3. The molecule has 19 heavy (non-hydrogen) atoms. The highest BCUT2D eigenvalue weighted by atomic mass is 32.2. The smallest absolute Gasteiger partial charge is 0.264 e. The van der Waals surface area contributed by atoms with E-state index < -0.39 is 15.7 Å². The number of aromatic nitrogens is 3. The van der Waals surface area contributed by atoms with E-state index in [2.05, 4.69) is 14.6 Å². The molecule has 0 saturated carbocycles. The van der Waals surface area contributed by atoms with Gasteiger partial charge in [-0.1, -0.05) is 25.5 Å². The topological polar surface area (TPSA) is 91.2 Å². The van der Waals surface area contributed by atoms with Crippen LogP contribution in [-0.4, -0.2) is 29.3 Å². The average molecular weight is 283 g/mol. The highest BCUT2D eigenvalue weighted by molar-refractivity contribution is 7.86. The van der Waals surface area contributed by atoms with Gasteiger partial charge in [-0.2, -0.15) is 8.42 Å². The van der Waals surface area contributed by atoms with Crippen LogP contribution < -0.4 is 9.84 Å². The second kappa shape index (κ2) is 5.35. The first-order chi connectivity index (χ1) is 9.03. The molecule has 0 aliphatic rings. The lowest BCUT2D eigenvalue weighted by Crippen LogP contribution is -2.34. The van der Waals surface area contributed by atoms with E-state index in [1.165, 1.54) is 6.07 Å².